The molecule has 4 bridgehead atoms. The van der Waals surface area contributed by atoms with Gasteiger partial charge in [-0.15, -0.1) is 0 Å². The van der Waals surface area contributed by atoms with Crippen molar-refractivity contribution in [2.75, 3.05) is 61.2 Å². The number of carboxylic acids is 2. The summed E-state index contributed by atoms with van der Waals surface area (Å²) >= 11 is 5.60. The number of aliphatic hydroxyl groups excluding tert-OH is 3. The Kier molecular flexibility index (Phi) is 50.0. The number of benzene rings is 6. The number of fused-ring (bicyclic) bond motifs is 5. The van der Waals surface area contributed by atoms with Crippen LogP contribution in [0.1, 0.15) is 179 Å². The summed E-state index contributed by atoms with van der Waals surface area (Å²) in [5.41, 5.74) is 19.1. The minimum atomic E-state index is -4.47. The Morgan fingerprint density at radius 1 is 0.542 bits per heavy atom. The number of nitrogens with zero attached hydrogens (tertiary/aromatic N) is 9. The number of carbonyl (C=O) groups excluding carboxylic acids is 6. The van der Waals surface area contributed by atoms with Crippen molar-refractivity contribution in [1.29, 1.82) is 0 Å². The van der Waals surface area contributed by atoms with Gasteiger partial charge in [-0.2, -0.15) is 8.42 Å². The summed E-state index contributed by atoms with van der Waals surface area (Å²) in [5.74, 6) is -5.68. The number of aliphatic hydroxyl groups is 3. The van der Waals surface area contributed by atoms with Gasteiger partial charge in [0, 0.05) is 86.8 Å². The molecule has 0 unspecified atom stereocenters. The number of phenols is 1. The number of rotatable bonds is 32. The number of nitrogens with one attached hydrogen (secondary N) is 2. The molecule has 0 saturated carbocycles. The summed E-state index contributed by atoms with van der Waals surface area (Å²) in [6, 6.07) is 32.5. The molecule has 0 saturated heterocycles. The van der Waals surface area contributed by atoms with Crippen LogP contribution in [0.3, 0.4) is 0 Å². The molecule has 0 aliphatic carbocycles. The van der Waals surface area contributed by atoms with E-state index in [4.69, 9.17) is 81.6 Å². The van der Waals surface area contributed by atoms with Crippen LogP contribution in [0.2, 0.25) is 5.28 Å². The van der Waals surface area contributed by atoms with Crippen molar-refractivity contribution >= 4 is 81.6 Å². The number of nitrogens with two attached hydrogens (primary N) is 3. The number of phenolic OH excluding ortho intramolecular Hbond substituents is 1. The Morgan fingerprint density at radius 3 is 1.26 bits per heavy atom. The summed E-state index contributed by atoms with van der Waals surface area (Å²) < 4.78 is 70.2. The summed E-state index contributed by atoms with van der Waals surface area (Å²) in [4.78, 5) is 140. The van der Waals surface area contributed by atoms with E-state index in [0.29, 0.717) is 85.1 Å². The van der Waals surface area contributed by atoms with E-state index in [9.17, 15) is 67.2 Å². The molecule has 11 rings (SSSR count). The van der Waals surface area contributed by atoms with Crippen molar-refractivity contribution in [2.24, 2.45) is 28.4 Å². The van der Waals surface area contributed by atoms with E-state index in [1.165, 1.54) is 58.5 Å². The molecule has 5 heterocycles. The van der Waals surface area contributed by atoms with Gasteiger partial charge in [-0.3, -0.25) is 19.2 Å². The summed E-state index contributed by atoms with van der Waals surface area (Å²) in [6.45, 7) is 28.5. The van der Waals surface area contributed by atoms with Crippen LogP contribution in [0.15, 0.2) is 127 Å². The topological polar surface area (TPSA) is 645 Å². The first-order chi connectivity index (χ1) is 66.8. The molecule has 0 radical (unpaired) electrons. The van der Waals surface area contributed by atoms with Crippen LogP contribution in [0.4, 0.5) is 0 Å². The zero-order chi connectivity index (χ0) is 106. The number of halogens is 1. The maximum absolute atomic E-state index is 15.0. The van der Waals surface area contributed by atoms with Gasteiger partial charge in [0.2, 0.25) is 17.1 Å². The molecule has 17 N–H and O–H groups in total. The fourth-order valence-electron chi connectivity index (χ4n) is 14.3. The van der Waals surface area contributed by atoms with Crippen LogP contribution in [0.25, 0.3) is 45.3 Å². The summed E-state index contributed by atoms with van der Waals surface area (Å²) in [7, 11) is -1.00. The van der Waals surface area contributed by atoms with E-state index < -0.39 is 132 Å². The van der Waals surface area contributed by atoms with Gasteiger partial charge in [0.15, 0.2) is 40.5 Å². The molecule has 41 nitrogen and oxygen atoms in total. The number of aryl methyl sites for hydroxylation is 8. The molecule has 144 heavy (non-hydrogen) atoms. The van der Waals surface area contributed by atoms with E-state index in [-0.39, 0.29) is 142 Å². The number of Topliss-reactive ketones (excluding diaryl/α,β-unsaturated/α-hetero) is 2. The number of esters is 2. The SMILES string of the molecule is CC(C)Oc1ccc(B(O)O)cc1.CO.COC(=O)c1c(C)nc(-c2ccc(OC(C)C)cc2)nc1C.COC(=O)c1c(C)nc(Cl)nc1C.Cc1nc(-c2ccc(OC(C)C)cc2)nc(C)c1C(=O)C[C@@H](CNS(N)(=O)=O)C(=O)N(C)[C@@H]1C(=O)C[C@@H](C)C(=O)N[C@H](C(=O)O)Cc2ccc(OC[C@H](O)CN)c(c2)-c2cc1cc(OC[C@H](O)CN)c2O.Cc1nc(-c2ccc(OC(C)C)cc2)nc(C)c1C(=O)O.[Na+].[OH-]. The second-order valence-electron chi connectivity index (χ2n) is 33.7. The largest absolute Gasteiger partial charge is 1.00 e. The Balaban J connectivity index is 0.000000470. The number of methoxy groups -OCH3 is 2. The number of likely N-dealkylation sites (N-methyl/N-ethyl adjacent to an activating group) is 1. The van der Waals surface area contributed by atoms with Gasteiger partial charge in [-0.1, -0.05) is 25.1 Å². The van der Waals surface area contributed by atoms with E-state index >= 15 is 0 Å². The number of ketones is 2. The van der Waals surface area contributed by atoms with Crippen LogP contribution >= 0.6 is 11.6 Å². The normalized spacial score (nSPS) is 13.7. The Hall–Kier alpha value is -12.7. The molecule has 45 heteroatoms. The van der Waals surface area contributed by atoms with Gasteiger partial charge in [-0.25, -0.2) is 68.9 Å². The van der Waals surface area contributed by atoms with Crippen LogP contribution in [0, 0.1) is 67.2 Å². The maximum atomic E-state index is 15.0. The second-order valence-corrected chi connectivity index (χ2v) is 35.4. The quantitative estimate of drug-likeness (QED) is 0.0101. The molecule has 0 spiro atoms. The van der Waals surface area contributed by atoms with Crippen molar-refractivity contribution in [3.05, 3.63) is 212 Å². The van der Waals surface area contributed by atoms with E-state index in [2.05, 4.69) is 54.6 Å². The van der Waals surface area contributed by atoms with Crippen LogP contribution < -0.4 is 90.1 Å². The second kappa shape index (κ2) is 58.3. The molecule has 6 atom stereocenters. The predicted molar refractivity (Wildman–Crippen MR) is 532 cm³/mol. The van der Waals surface area contributed by atoms with Crippen molar-refractivity contribution < 1.29 is 160 Å². The summed E-state index contributed by atoms with van der Waals surface area (Å²) in [5, 5.41) is 84.5. The maximum Gasteiger partial charge on any atom is 1.00 e. The van der Waals surface area contributed by atoms with Crippen LogP contribution in [-0.2, 0) is 45.3 Å². The zero-order valence-electron chi connectivity index (χ0n) is 84.5. The third-order valence-corrected chi connectivity index (χ3v) is 21.6. The van der Waals surface area contributed by atoms with Gasteiger partial charge in [0.05, 0.1) is 95.7 Å². The number of hydrogen-bond donors (Lipinski definition) is 13. The number of carbonyl (C=O) groups is 8. The first-order valence-electron chi connectivity index (χ1n) is 44.9. The number of aromatic nitrogens is 8. The fraction of sp³-hybridized carbons (Fsp3) is 0.394. The van der Waals surface area contributed by atoms with Gasteiger partial charge < -0.3 is 106 Å². The van der Waals surface area contributed by atoms with Crippen molar-refractivity contribution in [3.63, 3.8) is 0 Å². The third kappa shape index (κ3) is 36.9. The molecular weight excluding hydrogens is 1920 g/mol. The number of aromatic carboxylic acids is 1. The molecule has 1 aliphatic rings. The zero-order valence-corrected chi connectivity index (χ0v) is 88.1. The van der Waals surface area contributed by atoms with Crippen LogP contribution in [-0.4, -0.2) is 258 Å². The Labute approximate surface area is 863 Å². The first-order valence-corrected chi connectivity index (χ1v) is 46.8. The van der Waals surface area contributed by atoms with Gasteiger partial charge in [-0.05, 0) is 248 Å². The monoisotopic (exact) mass is 2040 g/mol. The van der Waals surface area contributed by atoms with Crippen molar-refractivity contribution in [1.82, 2.24) is 54.8 Å². The molecule has 6 aromatic carbocycles. The van der Waals surface area contributed by atoms with E-state index in [0.717, 1.165) is 40.4 Å². The molecule has 0 fully saturated rings. The number of carboxylic acid groups (broad SMARTS) is 2. The molecule has 1 aliphatic heterocycles. The molecule has 10 aromatic rings. The summed E-state index contributed by atoms with van der Waals surface area (Å²) in [6.07, 6.45) is -3.56. The molecular formula is C99H127BClN14NaO27S. The average molecular weight is 2050 g/mol. The van der Waals surface area contributed by atoms with Crippen molar-refractivity contribution in [2.45, 2.75) is 186 Å². The van der Waals surface area contributed by atoms with Crippen molar-refractivity contribution in [3.8, 4) is 85.5 Å². The number of aliphatic carboxylic acids is 1. The predicted octanol–water partition coefficient (Wildman–Crippen LogP) is 5.92. The number of amides is 2. The number of ether oxygens (including phenoxy) is 8. The minimum Gasteiger partial charge on any atom is -0.870 e. The Morgan fingerprint density at radius 2 is 0.910 bits per heavy atom. The molecule has 772 valence electrons. The smallest absolute Gasteiger partial charge is 0.870 e. The fourth-order valence-corrected chi connectivity index (χ4v) is 15.0. The minimum absolute atomic E-state index is 0. The van der Waals surface area contributed by atoms with Gasteiger partial charge in [0.25, 0.3) is 10.2 Å². The first kappa shape index (κ1) is 124. The Bertz CT molecular complexity index is 6050. The average Bonchev–Trinajstić information content (AvgIpc) is 0.762. The standard InChI is InChI=1S/C48H62N8O14S.C17H20N2O3.C16H18N2O3.C9H13BO3.C8H9ClN2O2.CH4O.Na.H2O/c1-24(2)70-34-10-8-29(9-11-34)45-53-26(4)42(27(5)54-45)38(59)17-31(21-52-71(51,66)67)47(63)56(6)43-30-16-36(44(61)41(18-30)69-23-33(58)20-50)35-14-28(7-12-40(35)68-22-32(57)19-49)15-37(48(64)65)55-46(62)25(3)13-39(43)60;1-10(2)22-14-8-6-13(7-9-14)16-18-11(3)15(12(4)19-16)17(20)21-5;1-9(2)21-13-7-5-12(6-8-13)15-17-10(3)14(16(19)20)11(4)18-15;1-7(2)13-9-5-3-8(4-6-9)10(11)12;1-4-6(7(12)13-3)5(2)11-8(9)10-4;1-2;;/h7-12,14,16,18,24-25,31-33,37,43,52,57-58,61H,13,15,17,19-23,49-50H2,1-6H3,(H,55,62)(H,64,65)(H2,51,66,67);6-10H,1-5H3;5-9H,1-4H3,(H,19,20);3-7,11-12H,1-2H3;1-3H3;2H,1H3;;1H2/q;;;;;;+1;/p-1/t25-,31+,32-,33-,37+,43+;;;;;;;/m1......./s1. The van der Waals surface area contributed by atoms with Crippen LogP contribution in [0.5, 0.6) is 40.2 Å². The molecule has 4 aromatic heterocycles. The van der Waals surface area contributed by atoms with E-state index in [1.807, 2.05) is 104 Å². The number of hydrogen-bond acceptors (Lipinski definition) is 35. The van der Waals surface area contributed by atoms with Gasteiger partial charge in [0.1, 0.15) is 82.9 Å². The number of aromatic hydroxyl groups is 1. The van der Waals surface area contributed by atoms with E-state index in [1.54, 1.807) is 104 Å². The van der Waals surface area contributed by atoms with Gasteiger partial charge >= 0.3 is 60.6 Å². The molecule has 2 amide bonds. The third-order valence-electron chi connectivity index (χ3n) is 20.8.